The van der Waals surface area contributed by atoms with E-state index in [1.807, 2.05) is 0 Å². The van der Waals surface area contributed by atoms with Crippen LogP contribution in [0.2, 0.25) is 0 Å². The fourth-order valence-corrected chi connectivity index (χ4v) is 2.25. The van der Waals surface area contributed by atoms with Gasteiger partial charge in [0.15, 0.2) is 0 Å². The van der Waals surface area contributed by atoms with Crippen LogP contribution in [0.25, 0.3) is 0 Å². The fourth-order valence-electron chi connectivity index (χ4n) is 2.25. The van der Waals surface area contributed by atoms with Gasteiger partial charge >= 0.3 is 0 Å². The van der Waals surface area contributed by atoms with Crippen molar-refractivity contribution in [1.29, 1.82) is 0 Å². The molecule has 0 spiro atoms. The Bertz CT molecular complexity index is 227. The van der Waals surface area contributed by atoms with Crippen LogP contribution in [-0.4, -0.2) is 36.7 Å². The van der Waals surface area contributed by atoms with Crippen molar-refractivity contribution in [2.75, 3.05) is 19.6 Å². The molecule has 0 aromatic heterocycles. The highest BCUT2D eigenvalue weighted by atomic mass is 16.7. The van der Waals surface area contributed by atoms with E-state index in [0.717, 1.165) is 26.1 Å². The van der Waals surface area contributed by atoms with Crippen LogP contribution in [0, 0.1) is 5.92 Å². The van der Waals surface area contributed by atoms with Crippen LogP contribution in [0.3, 0.4) is 0 Å². The summed E-state index contributed by atoms with van der Waals surface area (Å²) >= 11 is 0. The zero-order valence-electron chi connectivity index (χ0n) is 9.37. The molecule has 0 bridgehead atoms. The molecule has 86 valence electrons. The first kappa shape index (κ1) is 10.9. The second-order valence-electron chi connectivity index (χ2n) is 4.51. The normalized spacial score (nSPS) is 32.3. The number of carbonyl (C=O) groups is 1. The lowest BCUT2D eigenvalue weighted by Crippen LogP contribution is -2.38. The largest absolute Gasteiger partial charge is 0.316 e. The molecule has 0 saturated carbocycles. The van der Waals surface area contributed by atoms with E-state index in [1.165, 1.54) is 12.8 Å². The second-order valence-corrected chi connectivity index (χ2v) is 4.51. The molecular formula is C11H20N2O2. The molecule has 2 atom stereocenters. The predicted molar refractivity (Wildman–Crippen MR) is 57.1 cm³/mol. The van der Waals surface area contributed by atoms with Gasteiger partial charge in [-0.05, 0) is 38.3 Å². The van der Waals surface area contributed by atoms with E-state index in [-0.39, 0.29) is 12.0 Å². The first-order valence-electron chi connectivity index (χ1n) is 5.97. The lowest BCUT2D eigenvalue weighted by Gasteiger charge is -2.26. The topological polar surface area (TPSA) is 41.6 Å². The molecule has 2 aliphatic heterocycles. The molecule has 2 unspecified atom stereocenters. The second kappa shape index (κ2) is 4.94. The van der Waals surface area contributed by atoms with Gasteiger partial charge in [0.1, 0.15) is 0 Å². The molecule has 0 aliphatic carbocycles. The first-order valence-corrected chi connectivity index (χ1v) is 5.97. The van der Waals surface area contributed by atoms with Crippen molar-refractivity contribution in [3.8, 4) is 0 Å². The number of amides is 1. The van der Waals surface area contributed by atoms with Crippen LogP contribution in [-0.2, 0) is 9.63 Å². The molecule has 2 fully saturated rings. The van der Waals surface area contributed by atoms with Crippen molar-refractivity contribution in [3.63, 3.8) is 0 Å². The lowest BCUT2D eigenvalue weighted by molar-refractivity contribution is -0.177. The van der Waals surface area contributed by atoms with Crippen molar-refractivity contribution in [3.05, 3.63) is 0 Å². The maximum atomic E-state index is 11.6. The Labute approximate surface area is 90.9 Å². The summed E-state index contributed by atoms with van der Waals surface area (Å²) in [4.78, 5) is 17.2. The average molecular weight is 212 g/mol. The molecule has 1 amide bonds. The maximum absolute atomic E-state index is 11.6. The van der Waals surface area contributed by atoms with Crippen LogP contribution >= 0.6 is 0 Å². The Morgan fingerprint density at radius 2 is 2.47 bits per heavy atom. The van der Waals surface area contributed by atoms with Crippen molar-refractivity contribution in [2.45, 2.75) is 38.7 Å². The van der Waals surface area contributed by atoms with Gasteiger partial charge in [-0.25, -0.2) is 5.06 Å². The van der Waals surface area contributed by atoms with Crippen molar-refractivity contribution < 1.29 is 9.63 Å². The van der Waals surface area contributed by atoms with Crippen LogP contribution in [0.4, 0.5) is 0 Å². The molecule has 4 heteroatoms. The van der Waals surface area contributed by atoms with Crippen LogP contribution in [0.1, 0.15) is 32.6 Å². The van der Waals surface area contributed by atoms with E-state index < -0.39 is 0 Å². The minimum Gasteiger partial charge on any atom is -0.316 e. The van der Waals surface area contributed by atoms with Gasteiger partial charge in [0, 0.05) is 0 Å². The zero-order valence-corrected chi connectivity index (χ0v) is 9.37. The standard InChI is InChI=1S/C11H20N2O2/c1-2-10-6-11(14)13(15-10)8-9-4-3-5-12-7-9/h9-10,12H,2-8H2,1H3. The Balaban J connectivity index is 1.81. The summed E-state index contributed by atoms with van der Waals surface area (Å²) in [5, 5.41) is 4.94. The highest BCUT2D eigenvalue weighted by Crippen LogP contribution is 2.21. The highest BCUT2D eigenvalue weighted by molar-refractivity contribution is 5.77. The zero-order chi connectivity index (χ0) is 10.7. The molecule has 15 heavy (non-hydrogen) atoms. The molecule has 2 heterocycles. The molecular weight excluding hydrogens is 192 g/mol. The number of piperidine rings is 1. The lowest BCUT2D eigenvalue weighted by atomic mass is 10.00. The molecule has 2 rings (SSSR count). The van der Waals surface area contributed by atoms with Crippen LogP contribution in [0.5, 0.6) is 0 Å². The third-order valence-corrected chi connectivity index (χ3v) is 3.24. The highest BCUT2D eigenvalue weighted by Gasteiger charge is 2.31. The van der Waals surface area contributed by atoms with Gasteiger partial charge < -0.3 is 5.32 Å². The monoisotopic (exact) mass is 212 g/mol. The number of hydrogen-bond donors (Lipinski definition) is 1. The van der Waals surface area contributed by atoms with Gasteiger partial charge in [0.2, 0.25) is 5.91 Å². The van der Waals surface area contributed by atoms with Gasteiger partial charge in [0.25, 0.3) is 0 Å². The molecule has 0 aromatic carbocycles. The summed E-state index contributed by atoms with van der Waals surface area (Å²) in [6.45, 7) is 4.96. The Morgan fingerprint density at radius 3 is 3.07 bits per heavy atom. The van der Waals surface area contributed by atoms with Crippen LogP contribution in [0.15, 0.2) is 0 Å². The Kier molecular flexibility index (Phi) is 3.59. The van der Waals surface area contributed by atoms with Gasteiger partial charge in [-0.1, -0.05) is 6.92 Å². The Morgan fingerprint density at radius 1 is 1.60 bits per heavy atom. The maximum Gasteiger partial charge on any atom is 0.248 e. The van der Waals surface area contributed by atoms with E-state index in [2.05, 4.69) is 12.2 Å². The average Bonchev–Trinajstić information content (AvgIpc) is 2.61. The number of nitrogens with zero attached hydrogens (tertiary/aromatic N) is 1. The van der Waals surface area contributed by atoms with Crippen molar-refractivity contribution >= 4 is 5.91 Å². The van der Waals surface area contributed by atoms with Gasteiger partial charge in [0.05, 0.1) is 19.1 Å². The van der Waals surface area contributed by atoms with E-state index in [9.17, 15) is 4.79 Å². The van der Waals surface area contributed by atoms with E-state index in [0.29, 0.717) is 12.3 Å². The minimum atomic E-state index is 0.119. The summed E-state index contributed by atoms with van der Waals surface area (Å²) in [6.07, 6.45) is 4.02. The third-order valence-electron chi connectivity index (χ3n) is 3.24. The molecule has 2 saturated heterocycles. The van der Waals surface area contributed by atoms with Crippen LogP contribution < -0.4 is 5.32 Å². The smallest absolute Gasteiger partial charge is 0.248 e. The summed E-state index contributed by atoms with van der Waals surface area (Å²) in [6, 6.07) is 0. The predicted octanol–water partition coefficient (Wildman–Crippen LogP) is 0.928. The van der Waals surface area contributed by atoms with Crippen molar-refractivity contribution in [2.24, 2.45) is 5.92 Å². The number of rotatable bonds is 3. The minimum absolute atomic E-state index is 0.119. The van der Waals surface area contributed by atoms with E-state index in [4.69, 9.17) is 4.84 Å². The van der Waals surface area contributed by atoms with Gasteiger partial charge in [-0.15, -0.1) is 0 Å². The molecule has 1 N–H and O–H groups in total. The number of hydrogen-bond acceptors (Lipinski definition) is 3. The number of nitrogens with one attached hydrogen (secondary N) is 1. The fraction of sp³-hybridized carbons (Fsp3) is 0.909. The first-order chi connectivity index (χ1) is 7.29. The van der Waals surface area contributed by atoms with Gasteiger partial charge in [-0.3, -0.25) is 9.63 Å². The number of carbonyl (C=O) groups excluding carboxylic acids is 1. The molecule has 2 aliphatic rings. The van der Waals surface area contributed by atoms with Crippen molar-refractivity contribution in [1.82, 2.24) is 10.4 Å². The summed E-state index contributed by atoms with van der Waals surface area (Å²) < 4.78 is 0. The summed E-state index contributed by atoms with van der Waals surface area (Å²) in [7, 11) is 0. The van der Waals surface area contributed by atoms with Gasteiger partial charge in [-0.2, -0.15) is 0 Å². The SMILES string of the molecule is CCC1CC(=O)N(CC2CCCNC2)O1. The third kappa shape index (κ3) is 2.69. The summed E-state index contributed by atoms with van der Waals surface area (Å²) in [5.41, 5.74) is 0. The van der Waals surface area contributed by atoms with E-state index >= 15 is 0 Å². The van der Waals surface area contributed by atoms with E-state index in [1.54, 1.807) is 5.06 Å². The summed E-state index contributed by atoms with van der Waals surface area (Å²) in [5.74, 6) is 0.728. The molecule has 4 nitrogen and oxygen atoms in total. The molecule has 0 radical (unpaired) electrons. The Hall–Kier alpha value is -0.610. The quantitative estimate of drug-likeness (QED) is 0.756. The number of hydroxylamine groups is 2. The molecule has 0 aromatic rings.